The predicted octanol–water partition coefficient (Wildman–Crippen LogP) is 14.1. The highest BCUT2D eigenvalue weighted by Crippen LogP contribution is 2.44. The zero-order valence-electron chi connectivity index (χ0n) is 30.0. The van der Waals surface area contributed by atoms with Crippen LogP contribution >= 0.6 is 34.0 Å². The van der Waals surface area contributed by atoms with Crippen molar-refractivity contribution in [2.75, 3.05) is 0 Å². The first kappa shape index (κ1) is 32.5. The Labute approximate surface area is 338 Å². The molecule has 0 saturated carbocycles. The topological polar surface area (TPSA) is 64.5 Å². The van der Waals surface area contributed by atoms with Gasteiger partial charge in [0, 0.05) is 78.2 Å². The van der Waals surface area contributed by atoms with Crippen molar-refractivity contribution in [3.05, 3.63) is 164 Å². The number of benzene rings is 7. The minimum Gasteiger partial charge on any atom is -0.226 e. The molecular formula is C49H27N5S3. The normalized spacial score (nSPS) is 11.9. The van der Waals surface area contributed by atoms with E-state index in [1.165, 1.54) is 34.3 Å². The maximum atomic E-state index is 5.25. The van der Waals surface area contributed by atoms with Gasteiger partial charge in [-0.3, -0.25) is 0 Å². The van der Waals surface area contributed by atoms with E-state index in [1.807, 2.05) is 47.7 Å². The summed E-state index contributed by atoms with van der Waals surface area (Å²) in [6.07, 6.45) is 0. The smallest absolute Gasteiger partial charge is 0.164 e. The van der Waals surface area contributed by atoms with E-state index >= 15 is 0 Å². The molecule has 0 unspecified atom stereocenters. The fourth-order valence-electron chi connectivity index (χ4n) is 7.87. The van der Waals surface area contributed by atoms with E-state index in [0.29, 0.717) is 17.5 Å². The summed E-state index contributed by atoms with van der Waals surface area (Å²) >= 11 is 5.35. The van der Waals surface area contributed by atoms with E-state index in [-0.39, 0.29) is 0 Å². The van der Waals surface area contributed by atoms with Crippen molar-refractivity contribution in [3.8, 4) is 56.8 Å². The molecule has 0 atom stereocenters. The molecule has 0 fully saturated rings. The summed E-state index contributed by atoms with van der Waals surface area (Å²) in [5.74, 6) is 2.68. The summed E-state index contributed by atoms with van der Waals surface area (Å²) in [7, 11) is 0. The number of fused-ring (bicyclic) bond motifs is 9. The second-order valence-electron chi connectivity index (χ2n) is 14.0. The molecule has 0 aliphatic heterocycles. The van der Waals surface area contributed by atoms with Gasteiger partial charge < -0.3 is 0 Å². The van der Waals surface area contributed by atoms with Gasteiger partial charge in [0.05, 0.1) is 15.9 Å². The third kappa shape index (κ3) is 5.37. The Morgan fingerprint density at radius 2 is 0.912 bits per heavy atom. The Morgan fingerprint density at radius 3 is 1.70 bits per heavy atom. The summed E-state index contributed by atoms with van der Waals surface area (Å²) in [4.78, 5) is 25.9. The molecule has 12 rings (SSSR count). The fraction of sp³-hybridized carbons (Fsp3) is 0. The van der Waals surface area contributed by atoms with Crippen LogP contribution in [0.15, 0.2) is 164 Å². The Kier molecular flexibility index (Phi) is 7.38. The molecule has 0 bridgehead atoms. The van der Waals surface area contributed by atoms with Gasteiger partial charge in [-0.25, -0.2) is 24.9 Å². The van der Waals surface area contributed by atoms with E-state index in [2.05, 4.69) is 127 Å². The molecule has 0 aliphatic carbocycles. The van der Waals surface area contributed by atoms with Gasteiger partial charge in [-0.15, -0.1) is 34.0 Å². The highest BCUT2D eigenvalue weighted by Gasteiger charge is 2.20. The molecule has 266 valence electrons. The van der Waals surface area contributed by atoms with Crippen LogP contribution in [-0.4, -0.2) is 24.9 Å². The number of aromatic nitrogens is 5. The Hall–Kier alpha value is -6.71. The van der Waals surface area contributed by atoms with Crippen molar-refractivity contribution in [1.29, 1.82) is 0 Å². The van der Waals surface area contributed by atoms with Crippen molar-refractivity contribution >= 4 is 94.7 Å². The largest absolute Gasteiger partial charge is 0.226 e. The maximum absolute atomic E-state index is 5.25. The van der Waals surface area contributed by atoms with Crippen molar-refractivity contribution < 1.29 is 0 Å². The van der Waals surface area contributed by atoms with Crippen molar-refractivity contribution in [3.63, 3.8) is 0 Å². The average Bonchev–Trinajstić information content (AvgIpc) is 3.97. The van der Waals surface area contributed by atoms with Gasteiger partial charge in [-0.2, -0.15) is 0 Å². The number of hydrogen-bond acceptors (Lipinski definition) is 8. The van der Waals surface area contributed by atoms with E-state index in [0.717, 1.165) is 65.7 Å². The molecule has 5 aromatic heterocycles. The van der Waals surface area contributed by atoms with Crippen LogP contribution < -0.4 is 0 Å². The molecule has 0 amide bonds. The lowest BCUT2D eigenvalue weighted by Gasteiger charge is -2.10. The molecule has 5 heterocycles. The summed E-state index contributed by atoms with van der Waals surface area (Å²) in [5.41, 5.74) is 6.90. The Bertz CT molecular complexity index is 3530. The van der Waals surface area contributed by atoms with Gasteiger partial charge in [-0.05, 0) is 42.5 Å². The minimum absolute atomic E-state index is 0.648. The van der Waals surface area contributed by atoms with Crippen molar-refractivity contribution in [2.45, 2.75) is 0 Å². The molecule has 0 N–H and O–H groups in total. The van der Waals surface area contributed by atoms with Gasteiger partial charge in [0.1, 0.15) is 0 Å². The van der Waals surface area contributed by atoms with Crippen LogP contribution in [0.5, 0.6) is 0 Å². The minimum atomic E-state index is 0.648. The number of nitrogens with zero attached hydrogens (tertiary/aromatic N) is 5. The zero-order chi connectivity index (χ0) is 37.5. The maximum Gasteiger partial charge on any atom is 0.164 e. The lowest BCUT2D eigenvalue weighted by molar-refractivity contribution is 1.08. The first-order valence-corrected chi connectivity index (χ1v) is 21.1. The van der Waals surface area contributed by atoms with Crippen LogP contribution in [0.3, 0.4) is 0 Å². The van der Waals surface area contributed by atoms with E-state index in [1.54, 1.807) is 22.7 Å². The van der Waals surface area contributed by atoms with Gasteiger partial charge in [-0.1, -0.05) is 121 Å². The lowest BCUT2D eigenvalue weighted by Crippen LogP contribution is -2.00. The van der Waals surface area contributed by atoms with E-state index < -0.39 is 0 Å². The molecule has 0 aliphatic rings. The van der Waals surface area contributed by atoms with Crippen LogP contribution in [0.25, 0.3) is 117 Å². The molecule has 12 aromatic rings. The second-order valence-corrected chi connectivity index (χ2v) is 17.2. The average molecular weight is 782 g/mol. The first-order chi connectivity index (χ1) is 28.2. The van der Waals surface area contributed by atoms with Gasteiger partial charge in [0.25, 0.3) is 0 Å². The second kappa shape index (κ2) is 12.9. The highest BCUT2D eigenvalue weighted by atomic mass is 32.1. The fourth-order valence-corrected chi connectivity index (χ4v) is 11.3. The molecule has 0 radical (unpaired) electrons. The van der Waals surface area contributed by atoms with Gasteiger partial charge in [0.2, 0.25) is 0 Å². The summed E-state index contributed by atoms with van der Waals surface area (Å²) in [5, 5.41) is 5.91. The third-order valence-electron chi connectivity index (χ3n) is 10.6. The lowest BCUT2D eigenvalue weighted by atomic mass is 10.0. The van der Waals surface area contributed by atoms with Crippen LogP contribution in [0.4, 0.5) is 0 Å². The molecule has 5 nitrogen and oxygen atoms in total. The molecular weight excluding hydrogens is 755 g/mol. The molecule has 0 saturated heterocycles. The monoisotopic (exact) mass is 781 g/mol. The van der Waals surface area contributed by atoms with Crippen molar-refractivity contribution in [2.24, 2.45) is 0 Å². The molecule has 0 spiro atoms. The summed E-state index contributed by atoms with van der Waals surface area (Å²) < 4.78 is 7.17. The van der Waals surface area contributed by atoms with Gasteiger partial charge >= 0.3 is 0 Å². The van der Waals surface area contributed by atoms with E-state index in [9.17, 15) is 0 Å². The Morgan fingerprint density at radius 1 is 0.316 bits per heavy atom. The Balaban J connectivity index is 1.04. The molecule has 57 heavy (non-hydrogen) atoms. The zero-order valence-corrected chi connectivity index (χ0v) is 32.5. The first-order valence-electron chi connectivity index (χ1n) is 18.7. The number of thiophene rings is 3. The van der Waals surface area contributed by atoms with Crippen molar-refractivity contribution in [1.82, 2.24) is 24.9 Å². The quantitative estimate of drug-likeness (QED) is 0.174. The van der Waals surface area contributed by atoms with Crippen LogP contribution in [0, 0.1) is 0 Å². The van der Waals surface area contributed by atoms with Gasteiger partial charge in [0.15, 0.2) is 23.3 Å². The third-order valence-corrected chi connectivity index (χ3v) is 14.0. The standard InChI is InChI=1S/C49H27N5S3/c1-3-12-28(13-4-1)46-50-43(45-44(51-46)34-17-8-10-20-38(34)57-45)30-22-24-33-41(27-30)56-40-21-11-18-35(42(33)40)49-53-47(29-14-5-2-6-15-29)52-48(54-49)31-23-25-39-36(26-31)32-16-7-9-19-37(32)55-39/h1-27H. The van der Waals surface area contributed by atoms with Crippen LogP contribution in [-0.2, 0) is 0 Å². The SMILES string of the molecule is c1ccc(-c2nc(-c3ccc4sc5ccccc5c4c3)nc(-c3cccc4sc5cc(-c6nc(-c7ccccc7)nc7c6sc6ccccc67)ccc5c34)n2)cc1. The summed E-state index contributed by atoms with van der Waals surface area (Å²) in [6, 6.07) is 57.3. The summed E-state index contributed by atoms with van der Waals surface area (Å²) in [6.45, 7) is 0. The van der Waals surface area contributed by atoms with Crippen LogP contribution in [0.1, 0.15) is 0 Å². The molecule has 7 aromatic carbocycles. The van der Waals surface area contributed by atoms with E-state index in [4.69, 9.17) is 24.9 Å². The van der Waals surface area contributed by atoms with Crippen LogP contribution in [0.2, 0.25) is 0 Å². The number of rotatable bonds is 5. The highest BCUT2D eigenvalue weighted by molar-refractivity contribution is 7.27. The predicted molar refractivity (Wildman–Crippen MR) is 241 cm³/mol. The molecule has 8 heteroatoms. The number of hydrogen-bond donors (Lipinski definition) is 0.